The average molecular weight is 507 g/mol. The van der Waals surface area contributed by atoms with Gasteiger partial charge in [0.15, 0.2) is 11.5 Å². The van der Waals surface area contributed by atoms with Gasteiger partial charge in [0.25, 0.3) is 0 Å². The van der Waals surface area contributed by atoms with Crippen LogP contribution in [0, 0.1) is 5.92 Å². The molecule has 0 aliphatic carbocycles. The molecular formula is C26H30N6O5. The lowest BCUT2D eigenvalue weighted by molar-refractivity contribution is -0.121. The van der Waals surface area contributed by atoms with Gasteiger partial charge in [-0.25, -0.2) is 14.7 Å². The number of benzene rings is 1. The number of carbonyl (C=O) groups is 3. The summed E-state index contributed by atoms with van der Waals surface area (Å²) in [6, 6.07) is 6.97. The first-order chi connectivity index (χ1) is 17.5. The van der Waals surface area contributed by atoms with Gasteiger partial charge in [0.2, 0.25) is 17.6 Å². The van der Waals surface area contributed by atoms with Crippen LogP contribution >= 0.6 is 0 Å². The minimum Gasteiger partial charge on any atom is -0.443 e. The molecule has 0 saturated carbocycles. The SMILES string of the molecule is CC(C)(C)OC(=O)N1C(=O)C(C)(C)c2ccc(Nc3nc4ccnc(C(=O)C5CCOCC5)n4n3)cc21. The fourth-order valence-electron chi connectivity index (χ4n) is 4.63. The molecule has 2 aromatic heterocycles. The van der Waals surface area contributed by atoms with Crippen molar-refractivity contribution in [3.8, 4) is 0 Å². The second kappa shape index (κ2) is 8.91. The van der Waals surface area contributed by atoms with Gasteiger partial charge in [0.1, 0.15) is 5.60 Å². The van der Waals surface area contributed by atoms with Gasteiger partial charge >= 0.3 is 6.09 Å². The Balaban J connectivity index is 1.45. The van der Waals surface area contributed by atoms with Gasteiger partial charge < -0.3 is 14.8 Å². The van der Waals surface area contributed by atoms with Crippen LogP contribution in [0.15, 0.2) is 30.5 Å². The van der Waals surface area contributed by atoms with E-state index in [9.17, 15) is 14.4 Å². The number of rotatable bonds is 4. The standard InChI is InChI=1S/C26H30N6O5/c1-25(2,3)37-24(35)31-18-14-16(6-7-17(18)26(4,5)22(31)34)28-23-29-19-8-11-27-21(32(19)30-23)20(33)15-9-12-36-13-10-15/h6-8,11,14-15H,9-10,12-13H2,1-5H3,(H,28,30). The van der Waals surface area contributed by atoms with E-state index in [0.29, 0.717) is 48.6 Å². The molecular weight excluding hydrogens is 476 g/mol. The lowest BCUT2D eigenvalue weighted by Crippen LogP contribution is -2.43. The quantitative estimate of drug-likeness (QED) is 0.521. The van der Waals surface area contributed by atoms with Gasteiger partial charge in [0, 0.05) is 37.1 Å². The number of hydrogen-bond acceptors (Lipinski definition) is 9. The number of aromatic nitrogens is 4. The summed E-state index contributed by atoms with van der Waals surface area (Å²) in [6.45, 7) is 9.91. The molecule has 3 aromatic rings. The van der Waals surface area contributed by atoms with Crippen molar-refractivity contribution in [3.05, 3.63) is 41.9 Å². The van der Waals surface area contributed by atoms with E-state index in [1.54, 1.807) is 65.1 Å². The zero-order chi connectivity index (χ0) is 26.5. The highest BCUT2D eigenvalue weighted by Gasteiger charge is 2.48. The van der Waals surface area contributed by atoms with Crippen LogP contribution in [0.2, 0.25) is 0 Å². The van der Waals surface area contributed by atoms with E-state index in [1.165, 1.54) is 4.52 Å². The Morgan fingerprint density at radius 3 is 2.59 bits per heavy atom. The highest BCUT2D eigenvalue weighted by atomic mass is 16.6. The van der Waals surface area contributed by atoms with Gasteiger partial charge in [-0.3, -0.25) is 9.59 Å². The third kappa shape index (κ3) is 4.55. The molecule has 1 N–H and O–H groups in total. The smallest absolute Gasteiger partial charge is 0.421 e. The fourth-order valence-corrected chi connectivity index (χ4v) is 4.63. The molecule has 0 unspecified atom stereocenters. The zero-order valence-corrected chi connectivity index (χ0v) is 21.6. The van der Waals surface area contributed by atoms with E-state index < -0.39 is 17.1 Å². The van der Waals surface area contributed by atoms with E-state index in [-0.39, 0.29) is 29.4 Å². The molecule has 11 heteroatoms. The van der Waals surface area contributed by atoms with Crippen LogP contribution in [0.1, 0.15) is 63.6 Å². The molecule has 37 heavy (non-hydrogen) atoms. The zero-order valence-electron chi connectivity index (χ0n) is 21.6. The molecule has 2 aliphatic rings. The first-order valence-corrected chi connectivity index (χ1v) is 12.3. The van der Waals surface area contributed by atoms with Crippen LogP contribution in [0.3, 0.4) is 0 Å². The molecule has 1 fully saturated rings. The largest absolute Gasteiger partial charge is 0.443 e. The lowest BCUT2D eigenvalue weighted by Gasteiger charge is -2.24. The van der Waals surface area contributed by atoms with Crippen LogP contribution in [-0.2, 0) is 19.7 Å². The Bertz CT molecular complexity index is 1400. The summed E-state index contributed by atoms with van der Waals surface area (Å²) in [5.74, 6) is -0.133. The Labute approximate surface area is 214 Å². The van der Waals surface area contributed by atoms with Gasteiger partial charge in [-0.15, -0.1) is 5.10 Å². The maximum absolute atomic E-state index is 13.2. The Kier molecular flexibility index (Phi) is 5.98. The minimum absolute atomic E-state index is 0.0865. The van der Waals surface area contributed by atoms with Gasteiger partial charge in [0.05, 0.1) is 11.1 Å². The number of ketones is 1. The molecule has 5 rings (SSSR count). The highest BCUT2D eigenvalue weighted by molar-refractivity contribution is 6.21. The third-order valence-electron chi connectivity index (χ3n) is 6.55. The summed E-state index contributed by atoms with van der Waals surface area (Å²) in [7, 11) is 0. The third-order valence-corrected chi connectivity index (χ3v) is 6.55. The number of Topliss-reactive ketones (excluding diaryl/α,β-unsaturated/α-hetero) is 1. The number of nitrogens with zero attached hydrogens (tertiary/aromatic N) is 5. The van der Waals surface area contributed by atoms with Crippen LogP contribution in [-0.4, -0.2) is 56.2 Å². The van der Waals surface area contributed by atoms with Crippen LogP contribution in [0.4, 0.5) is 22.1 Å². The molecule has 0 atom stereocenters. The molecule has 2 aliphatic heterocycles. The predicted octanol–water partition coefficient (Wildman–Crippen LogP) is 4.04. The summed E-state index contributed by atoms with van der Waals surface area (Å²) in [5, 5.41) is 7.60. The molecule has 1 saturated heterocycles. The normalized spacial score (nSPS) is 17.6. The van der Waals surface area contributed by atoms with Gasteiger partial charge in [-0.1, -0.05) is 6.07 Å². The summed E-state index contributed by atoms with van der Waals surface area (Å²) >= 11 is 0. The molecule has 4 heterocycles. The number of fused-ring (bicyclic) bond motifs is 2. The number of ether oxygens (including phenoxy) is 2. The van der Waals surface area contributed by atoms with Crippen LogP contribution in [0.25, 0.3) is 5.65 Å². The van der Waals surface area contributed by atoms with Crippen molar-refractivity contribution < 1.29 is 23.9 Å². The summed E-state index contributed by atoms with van der Waals surface area (Å²) < 4.78 is 12.3. The van der Waals surface area contributed by atoms with Crippen LogP contribution in [0.5, 0.6) is 0 Å². The van der Waals surface area contributed by atoms with Crippen molar-refractivity contribution in [1.82, 2.24) is 19.6 Å². The average Bonchev–Trinajstić information content (AvgIpc) is 3.33. The van der Waals surface area contributed by atoms with E-state index in [0.717, 1.165) is 4.90 Å². The van der Waals surface area contributed by atoms with Crippen molar-refractivity contribution in [1.29, 1.82) is 0 Å². The van der Waals surface area contributed by atoms with Crippen molar-refractivity contribution in [2.75, 3.05) is 23.4 Å². The highest BCUT2D eigenvalue weighted by Crippen LogP contribution is 2.43. The number of hydrogen-bond donors (Lipinski definition) is 1. The maximum atomic E-state index is 13.2. The first-order valence-electron chi connectivity index (χ1n) is 12.3. The number of anilines is 3. The van der Waals surface area contributed by atoms with E-state index in [1.807, 2.05) is 0 Å². The summed E-state index contributed by atoms with van der Waals surface area (Å²) in [5.41, 5.74) is 0.547. The minimum atomic E-state index is -0.892. The van der Waals surface area contributed by atoms with E-state index in [2.05, 4.69) is 20.4 Å². The molecule has 11 nitrogen and oxygen atoms in total. The van der Waals surface area contributed by atoms with Crippen LogP contribution < -0.4 is 10.2 Å². The van der Waals surface area contributed by atoms with E-state index >= 15 is 0 Å². The van der Waals surface area contributed by atoms with Crippen molar-refractivity contribution in [2.45, 2.75) is 58.5 Å². The topological polar surface area (TPSA) is 128 Å². The van der Waals surface area contributed by atoms with Gasteiger partial charge in [-0.05, 0) is 65.2 Å². The molecule has 0 bridgehead atoms. The fraction of sp³-hybridized carbons (Fsp3) is 0.462. The molecule has 0 spiro atoms. The molecule has 194 valence electrons. The molecule has 2 amide bonds. The predicted molar refractivity (Wildman–Crippen MR) is 135 cm³/mol. The van der Waals surface area contributed by atoms with Crippen molar-refractivity contribution >= 4 is 40.8 Å². The molecule has 1 aromatic carbocycles. The number of carbonyl (C=O) groups excluding carboxylic acids is 3. The Morgan fingerprint density at radius 2 is 1.89 bits per heavy atom. The maximum Gasteiger partial charge on any atom is 0.421 e. The Hall–Kier alpha value is -3.86. The van der Waals surface area contributed by atoms with Crippen molar-refractivity contribution in [3.63, 3.8) is 0 Å². The van der Waals surface area contributed by atoms with E-state index in [4.69, 9.17) is 9.47 Å². The first kappa shape index (κ1) is 24.8. The second-order valence-corrected chi connectivity index (χ2v) is 10.8. The lowest BCUT2D eigenvalue weighted by atomic mass is 9.86. The monoisotopic (exact) mass is 506 g/mol. The second-order valence-electron chi connectivity index (χ2n) is 10.8. The van der Waals surface area contributed by atoms with Crippen molar-refractivity contribution in [2.24, 2.45) is 5.92 Å². The summed E-state index contributed by atoms with van der Waals surface area (Å²) in [4.78, 5) is 49.0. The summed E-state index contributed by atoms with van der Waals surface area (Å²) in [6.07, 6.45) is 2.11. The number of amides is 2. The number of nitrogens with one attached hydrogen (secondary N) is 1. The number of imide groups is 1. The molecule has 0 radical (unpaired) electrons. The van der Waals surface area contributed by atoms with Gasteiger partial charge in [-0.2, -0.15) is 9.50 Å². The Morgan fingerprint density at radius 1 is 1.16 bits per heavy atom.